The van der Waals surface area contributed by atoms with Crippen molar-refractivity contribution in [1.29, 1.82) is 0 Å². The molecule has 20 heavy (non-hydrogen) atoms. The molecule has 3 nitrogen and oxygen atoms in total. The largest absolute Gasteiger partial charge is 0.380 e. The Kier molecular flexibility index (Phi) is 5.58. The summed E-state index contributed by atoms with van der Waals surface area (Å²) in [4.78, 5) is 2.56. The van der Waals surface area contributed by atoms with Crippen LogP contribution in [-0.4, -0.2) is 43.3 Å². The van der Waals surface area contributed by atoms with Gasteiger partial charge in [-0.3, -0.25) is 4.90 Å². The molecule has 1 aromatic rings. The number of hydrogen-bond donors (Lipinski definition) is 1. The average Bonchev–Trinajstić information content (AvgIpc) is 2.68. The van der Waals surface area contributed by atoms with Crippen LogP contribution in [0.1, 0.15) is 38.8 Å². The smallest absolute Gasteiger partial charge is 0.0593 e. The zero-order valence-electron chi connectivity index (χ0n) is 13.1. The standard InChI is InChI=1S/C17H28N2O/c1-17(2,3)18-14-16(15-8-5-4-6-9-15)19-10-7-12-20-13-11-19/h4-6,8-9,16,18H,7,10-14H2,1-3H3. The lowest BCUT2D eigenvalue weighted by Gasteiger charge is -2.33. The molecular weight excluding hydrogens is 248 g/mol. The van der Waals surface area contributed by atoms with Gasteiger partial charge in [-0.25, -0.2) is 0 Å². The number of benzene rings is 1. The molecule has 1 aromatic carbocycles. The van der Waals surface area contributed by atoms with Crippen LogP contribution in [0.15, 0.2) is 30.3 Å². The van der Waals surface area contributed by atoms with Crippen LogP contribution in [0.2, 0.25) is 0 Å². The second-order valence-corrected chi connectivity index (χ2v) is 6.56. The molecule has 0 amide bonds. The number of nitrogens with one attached hydrogen (secondary N) is 1. The average molecular weight is 276 g/mol. The van der Waals surface area contributed by atoms with Gasteiger partial charge in [0.15, 0.2) is 0 Å². The van der Waals surface area contributed by atoms with E-state index in [0.717, 1.165) is 39.3 Å². The SMILES string of the molecule is CC(C)(C)NCC(c1ccccc1)N1CCCOCC1. The van der Waals surface area contributed by atoms with Crippen molar-refractivity contribution < 1.29 is 4.74 Å². The Bertz CT molecular complexity index is 378. The summed E-state index contributed by atoms with van der Waals surface area (Å²) in [6.45, 7) is 11.5. The van der Waals surface area contributed by atoms with Gasteiger partial charge in [-0.1, -0.05) is 30.3 Å². The molecule has 1 atom stereocenters. The van der Waals surface area contributed by atoms with E-state index in [1.165, 1.54) is 5.56 Å². The number of rotatable bonds is 4. The molecule has 0 saturated carbocycles. The van der Waals surface area contributed by atoms with Crippen LogP contribution in [0, 0.1) is 0 Å². The van der Waals surface area contributed by atoms with Gasteiger partial charge >= 0.3 is 0 Å². The lowest BCUT2D eigenvalue weighted by molar-refractivity contribution is 0.129. The molecule has 1 unspecified atom stereocenters. The van der Waals surface area contributed by atoms with Crippen LogP contribution in [0.4, 0.5) is 0 Å². The highest BCUT2D eigenvalue weighted by Gasteiger charge is 2.23. The predicted octanol–water partition coefficient (Wildman–Crippen LogP) is 2.84. The molecule has 1 fully saturated rings. The van der Waals surface area contributed by atoms with Gasteiger partial charge in [0, 0.05) is 37.8 Å². The predicted molar refractivity (Wildman–Crippen MR) is 83.9 cm³/mol. The van der Waals surface area contributed by atoms with Crippen LogP contribution < -0.4 is 5.32 Å². The van der Waals surface area contributed by atoms with E-state index in [2.05, 4.69) is 61.3 Å². The van der Waals surface area contributed by atoms with Gasteiger partial charge in [0.25, 0.3) is 0 Å². The maximum Gasteiger partial charge on any atom is 0.0593 e. The van der Waals surface area contributed by atoms with Gasteiger partial charge in [0.1, 0.15) is 0 Å². The first-order valence-electron chi connectivity index (χ1n) is 7.68. The van der Waals surface area contributed by atoms with Crippen molar-refractivity contribution in [3.8, 4) is 0 Å². The van der Waals surface area contributed by atoms with Gasteiger partial charge in [-0.05, 0) is 32.8 Å². The van der Waals surface area contributed by atoms with Gasteiger partial charge in [0.2, 0.25) is 0 Å². The van der Waals surface area contributed by atoms with Crippen LogP contribution >= 0.6 is 0 Å². The minimum absolute atomic E-state index is 0.148. The van der Waals surface area contributed by atoms with Gasteiger partial charge < -0.3 is 10.1 Å². The number of ether oxygens (including phenoxy) is 1. The third-order valence-corrected chi connectivity index (χ3v) is 3.71. The molecule has 0 bridgehead atoms. The normalized spacial score (nSPS) is 19.6. The Balaban J connectivity index is 2.10. The highest BCUT2D eigenvalue weighted by Crippen LogP contribution is 2.22. The van der Waals surface area contributed by atoms with E-state index in [1.54, 1.807) is 0 Å². The fraction of sp³-hybridized carbons (Fsp3) is 0.647. The summed E-state index contributed by atoms with van der Waals surface area (Å²) < 4.78 is 5.59. The maximum absolute atomic E-state index is 5.59. The van der Waals surface area contributed by atoms with E-state index in [0.29, 0.717) is 6.04 Å². The molecule has 0 spiro atoms. The van der Waals surface area contributed by atoms with Crippen molar-refractivity contribution in [3.63, 3.8) is 0 Å². The van der Waals surface area contributed by atoms with Crippen LogP contribution in [0.5, 0.6) is 0 Å². The van der Waals surface area contributed by atoms with Crippen molar-refractivity contribution in [2.75, 3.05) is 32.8 Å². The molecule has 2 rings (SSSR count). The minimum atomic E-state index is 0.148. The van der Waals surface area contributed by atoms with E-state index in [1.807, 2.05) is 0 Å². The van der Waals surface area contributed by atoms with Crippen molar-refractivity contribution in [2.45, 2.75) is 38.8 Å². The molecule has 1 aliphatic rings. The second-order valence-electron chi connectivity index (χ2n) is 6.56. The van der Waals surface area contributed by atoms with E-state index in [-0.39, 0.29) is 5.54 Å². The molecule has 0 radical (unpaired) electrons. The zero-order chi connectivity index (χ0) is 14.4. The first-order valence-corrected chi connectivity index (χ1v) is 7.68. The quantitative estimate of drug-likeness (QED) is 0.915. The van der Waals surface area contributed by atoms with Crippen molar-refractivity contribution >= 4 is 0 Å². The van der Waals surface area contributed by atoms with E-state index >= 15 is 0 Å². The zero-order valence-corrected chi connectivity index (χ0v) is 13.1. The molecule has 1 saturated heterocycles. The van der Waals surface area contributed by atoms with E-state index < -0.39 is 0 Å². The fourth-order valence-electron chi connectivity index (χ4n) is 2.61. The summed E-state index contributed by atoms with van der Waals surface area (Å²) >= 11 is 0. The topological polar surface area (TPSA) is 24.5 Å². The monoisotopic (exact) mass is 276 g/mol. The Morgan fingerprint density at radius 3 is 2.60 bits per heavy atom. The Morgan fingerprint density at radius 1 is 1.15 bits per heavy atom. The van der Waals surface area contributed by atoms with Crippen molar-refractivity contribution in [2.24, 2.45) is 0 Å². The Hall–Kier alpha value is -0.900. The van der Waals surface area contributed by atoms with Crippen molar-refractivity contribution in [1.82, 2.24) is 10.2 Å². The molecule has 1 heterocycles. The molecule has 3 heteroatoms. The number of hydrogen-bond acceptors (Lipinski definition) is 3. The highest BCUT2D eigenvalue weighted by atomic mass is 16.5. The van der Waals surface area contributed by atoms with Gasteiger partial charge in [0.05, 0.1) is 6.61 Å². The summed E-state index contributed by atoms with van der Waals surface area (Å²) in [5.41, 5.74) is 1.54. The molecule has 112 valence electrons. The van der Waals surface area contributed by atoms with Gasteiger partial charge in [-0.15, -0.1) is 0 Å². The summed E-state index contributed by atoms with van der Waals surface area (Å²) in [6, 6.07) is 11.3. The minimum Gasteiger partial charge on any atom is -0.380 e. The Morgan fingerprint density at radius 2 is 1.90 bits per heavy atom. The second kappa shape index (κ2) is 7.21. The first-order chi connectivity index (χ1) is 9.56. The van der Waals surface area contributed by atoms with E-state index in [9.17, 15) is 0 Å². The van der Waals surface area contributed by atoms with Crippen LogP contribution in [0.25, 0.3) is 0 Å². The lowest BCUT2D eigenvalue weighted by Crippen LogP contribution is -2.44. The van der Waals surface area contributed by atoms with Crippen LogP contribution in [-0.2, 0) is 4.74 Å². The third-order valence-electron chi connectivity index (χ3n) is 3.71. The summed E-state index contributed by atoms with van der Waals surface area (Å²) in [5, 5.41) is 3.66. The van der Waals surface area contributed by atoms with Crippen LogP contribution in [0.3, 0.4) is 0 Å². The molecule has 1 aliphatic heterocycles. The lowest BCUT2D eigenvalue weighted by atomic mass is 10.0. The highest BCUT2D eigenvalue weighted by molar-refractivity contribution is 5.19. The molecule has 0 aromatic heterocycles. The maximum atomic E-state index is 5.59. The summed E-state index contributed by atoms with van der Waals surface area (Å²) in [7, 11) is 0. The summed E-state index contributed by atoms with van der Waals surface area (Å²) in [5.74, 6) is 0. The third kappa shape index (κ3) is 4.89. The molecule has 0 aliphatic carbocycles. The van der Waals surface area contributed by atoms with E-state index in [4.69, 9.17) is 4.74 Å². The van der Waals surface area contributed by atoms with Crippen molar-refractivity contribution in [3.05, 3.63) is 35.9 Å². The molecule has 1 N–H and O–H groups in total. The summed E-state index contributed by atoms with van der Waals surface area (Å²) in [6.07, 6.45) is 1.12. The fourth-order valence-corrected chi connectivity index (χ4v) is 2.61. The first kappa shape index (κ1) is 15.5. The Labute approximate surface area is 123 Å². The molecular formula is C17H28N2O. The number of nitrogens with zero attached hydrogens (tertiary/aromatic N) is 1. The van der Waals surface area contributed by atoms with Gasteiger partial charge in [-0.2, -0.15) is 0 Å².